The number of benzene rings is 1. The maximum atomic E-state index is 10.5. The molecule has 88 valence electrons. The minimum Gasteiger partial charge on any atom is -0.465 e. The van der Waals surface area contributed by atoms with Crippen LogP contribution < -0.4 is 5.32 Å². The average Bonchev–Trinajstić information content (AvgIpc) is 2.73. The van der Waals surface area contributed by atoms with E-state index in [2.05, 4.69) is 20.8 Å². The zero-order valence-electron chi connectivity index (χ0n) is 9.16. The molecule has 2 N–H and O–H groups in total. The highest BCUT2D eigenvalue weighted by molar-refractivity contribution is 5.66. The third-order valence-electron chi connectivity index (χ3n) is 2.31. The summed E-state index contributed by atoms with van der Waals surface area (Å²) >= 11 is 0. The second-order valence-corrected chi connectivity index (χ2v) is 3.44. The first kappa shape index (κ1) is 11.1. The molecule has 0 saturated heterocycles. The lowest BCUT2D eigenvalue weighted by molar-refractivity contribution is 0.194. The van der Waals surface area contributed by atoms with E-state index in [4.69, 9.17) is 5.11 Å². The minimum absolute atomic E-state index is 0.221. The molecule has 0 aliphatic carbocycles. The number of tetrazole rings is 1. The highest BCUT2D eigenvalue weighted by Gasteiger charge is 2.10. The van der Waals surface area contributed by atoms with Gasteiger partial charge in [0, 0.05) is 19.2 Å². The second kappa shape index (κ2) is 4.60. The monoisotopic (exact) mass is 233 g/mol. The van der Waals surface area contributed by atoms with Crippen LogP contribution >= 0.6 is 0 Å². The van der Waals surface area contributed by atoms with Gasteiger partial charge in [-0.3, -0.25) is 0 Å². The van der Waals surface area contributed by atoms with Crippen molar-refractivity contribution >= 4 is 6.09 Å². The SMILES string of the molecule is Cn1nnnc1-c1ccccc1CNC(=O)O. The standard InChI is InChI=1S/C10H11N5O2/c1-15-9(12-13-14-15)8-5-3-2-4-7(8)6-11-10(16)17/h2-5,11H,6H2,1H3,(H,16,17). The number of aromatic nitrogens is 4. The van der Waals surface area contributed by atoms with E-state index in [-0.39, 0.29) is 6.54 Å². The second-order valence-electron chi connectivity index (χ2n) is 3.44. The summed E-state index contributed by atoms with van der Waals surface area (Å²) in [4.78, 5) is 10.5. The van der Waals surface area contributed by atoms with E-state index in [1.54, 1.807) is 11.7 Å². The van der Waals surface area contributed by atoms with Crippen molar-refractivity contribution in [2.75, 3.05) is 0 Å². The number of hydrogen-bond donors (Lipinski definition) is 2. The molecule has 0 saturated carbocycles. The summed E-state index contributed by atoms with van der Waals surface area (Å²) in [6.45, 7) is 0.221. The van der Waals surface area contributed by atoms with Gasteiger partial charge in [0.15, 0.2) is 5.82 Å². The Morgan fingerprint density at radius 2 is 2.24 bits per heavy atom. The smallest absolute Gasteiger partial charge is 0.404 e. The molecule has 0 spiro atoms. The Morgan fingerprint density at radius 1 is 1.47 bits per heavy atom. The first-order valence-corrected chi connectivity index (χ1v) is 4.96. The van der Waals surface area contributed by atoms with Gasteiger partial charge in [-0.25, -0.2) is 9.48 Å². The van der Waals surface area contributed by atoms with Gasteiger partial charge in [0.2, 0.25) is 0 Å². The molecule has 0 radical (unpaired) electrons. The van der Waals surface area contributed by atoms with Crippen LogP contribution in [0.15, 0.2) is 24.3 Å². The van der Waals surface area contributed by atoms with Crippen LogP contribution in [0.1, 0.15) is 5.56 Å². The van der Waals surface area contributed by atoms with E-state index < -0.39 is 6.09 Å². The van der Waals surface area contributed by atoms with Crippen molar-refractivity contribution in [3.05, 3.63) is 29.8 Å². The van der Waals surface area contributed by atoms with Gasteiger partial charge in [-0.15, -0.1) is 5.10 Å². The predicted octanol–water partition coefficient (Wildman–Crippen LogP) is 0.645. The van der Waals surface area contributed by atoms with Crippen molar-refractivity contribution in [3.8, 4) is 11.4 Å². The number of aryl methyl sites for hydroxylation is 1. The molecule has 0 unspecified atom stereocenters. The Hall–Kier alpha value is -2.44. The summed E-state index contributed by atoms with van der Waals surface area (Å²) in [5.74, 6) is 0.604. The van der Waals surface area contributed by atoms with Crippen LogP contribution in [0.5, 0.6) is 0 Å². The normalized spacial score (nSPS) is 10.2. The lowest BCUT2D eigenvalue weighted by Gasteiger charge is -2.07. The average molecular weight is 233 g/mol. The molecule has 0 atom stereocenters. The zero-order valence-corrected chi connectivity index (χ0v) is 9.16. The Morgan fingerprint density at radius 3 is 2.88 bits per heavy atom. The van der Waals surface area contributed by atoms with E-state index in [9.17, 15) is 4.79 Å². The molecule has 0 aliphatic heterocycles. The first-order valence-electron chi connectivity index (χ1n) is 4.96. The summed E-state index contributed by atoms with van der Waals surface area (Å²) in [6, 6.07) is 7.38. The van der Waals surface area contributed by atoms with E-state index in [0.29, 0.717) is 5.82 Å². The fourth-order valence-electron chi connectivity index (χ4n) is 1.52. The molecule has 1 amide bonds. The fraction of sp³-hybridized carbons (Fsp3) is 0.200. The van der Waals surface area contributed by atoms with Crippen LogP contribution in [0.3, 0.4) is 0 Å². The molecule has 1 heterocycles. The maximum absolute atomic E-state index is 10.5. The molecule has 7 heteroatoms. The Balaban J connectivity index is 2.34. The van der Waals surface area contributed by atoms with E-state index in [1.807, 2.05) is 24.3 Å². The number of amides is 1. The van der Waals surface area contributed by atoms with Gasteiger partial charge < -0.3 is 10.4 Å². The summed E-state index contributed by atoms with van der Waals surface area (Å²) < 4.78 is 1.54. The number of carboxylic acid groups (broad SMARTS) is 1. The van der Waals surface area contributed by atoms with Gasteiger partial charge in [0.25, 0.3) is 0 Å². The predicted molar refractivity (Wildman–Crippen MR) is 59.1 cm³/mol. The van der Waals surface area contributed by atoms with Crippen LogP contribution in [0, 0.1) is 0 Å². The molecule has 7 nitrogen and oxygen atoms in total. The molecule has 0 bridgehead atoms. The van der Waals surface area contributed by atoms with Crippen molar-refractivity contribution in [2.45, 2.75) is 6.54 Å². The number of carbonyl (C=O) groups is 1. The summed E-state index contributed by atoms with van der Waals surface area (Å²) in [6.07, 6.45) is -1.06. The van der Waals surface area contributed by atoms with Crippen molar-refractivity contribution in [1.82, 2.24) is 25.5 Å². The molecule has 0 aliphatic rings. The van der Waals surface area contributed by atoms with E-state index in [0.717, 1.165) is 11.1 Å². The topological polar surface area (TPSA) is 92.9 Å². The van der Waals surface area contributed by atoms with Crippen molar-refractivity contribution in [1.29, 1.82) is 0 Å². The third kappa shape index (κ3) is 2.39. The molecular weight excluding hydrogens is 222 g/mol. The fourth-order valence-corrected chi connectivity index (χ4v) is 1.52. The van der Waals surface area contributed by atoms with Crippen LogP contribution in [-0.2, 0) is 13.6 Å². The minimum atomic E-state index is -1.06. The van der Waals surface area contributed by atoms with E-state index in [1.165, 1.54) is 0 Å². The van der Waals surface area contributed by atoms with Gasteiger partial charge in [-0.1, -0.05) is 24.3 Å². The summed E-state index contributed by atoms with van der Waals surface area (Å²) in [5.41, 5.74) is 1.64. The first-order chi connectivity index (χ1) is 8.18. The number of nitrogens with zero attached hydrogens (tertiary/aromatic N) is 4. The molecule has 17 heavy (non-hydrogen) atoms. The lowest BCUT2D eigenvalue weighted by atomic mass is 10.1. The van der Waals surface area contributed by atoms with Crippen LogP contribution in [0.4, 0.5) is 4.79 Å². The highest BCUT2D eigenvalue weighted by Crippen LogP contribution is 2.19. The molecule has 1 aromatic heterocycles. The Kier molecular flexibility index (Phi) is 2.99. The molecule has 0 fully saturated rings. The van der Waals surface area contributed by atoms with Gasteiger partial charge in [-0.05, 0) is 16.0 Å². The number of nitrogens with one attached hydrogen (secondary N) is 1. The summed E-state index contributed by atoms with van der Waals surface area (Å²) in [5, 5.41) is 22.1. The third-order valence-corrected chi connectivity index (χ3v) is 2.31. The summed E-state index contributed by atoms with van der Waals surface area (Å²) in [7, 11) is 1.73. The number of rotatable bonds is 3. The van der Waals surface area contributed by atoms with Crippen LogP contribution in [-0.4, -0.2) is 31.4 Å². The van der Waals surface area contributed by atoms with Crippen molar-refractivity contribution < 1.29 is 9.90 Å². The Labute approximate surface area is 97.1 Å². The maximum Gasteiger partial charge on any atom is 0.404 e. The molecule has 2 aromatic rings. The highest BCUT2D eigenvalue weighted by atomic mass is 16.4. The van der Waals surface area contributed by atoms with Crippen LogP contribution in [0.2, 0.25) is 0 Å². The van der Waals surface area contributed by atoms with Crippen molar-refractivity contribution in [3.63, 3.8) is 0 Å². The van der Waals surface area contributed by atoms with Gasteiger partial charge >= 0.3 is 6.09 Å². The molecule has 2 rings (SSSR count). The number of hydrogen-bond acceptors (Lipinski definition) is 4. The van der Waals surface area contributed by atoms with E-state index >= 15 is 0 Å². The molecular formula is C10H11N5O2. The Bertz CT molecular complexity index is 537. The van der Waals surface area contributed by atoms with Crippen LogP contribution in [0.25, 0.3) is 11.4 Å². The largest absolute Gasteiger partial charge is 0.465 e. The lowest BCUT2D eigenvalue weighted by Crippen LogP contribution is -2.20. The van der Waals surface area contributed by atoms with Gasteiger partial charge in [-0.2, -0.15) is 0 Å². The molecule has 1 aromatic carbocycles. The quantitative estimate of drug-likeness (QED) is 0.811. The van der Waals surface area contributed by atoms with Crippen molar-refractivity contribution in [2.24, 2.45) is 7.05 Å². The van der Waals surface area contributed by atoms with Gasteiger partial charge in [0.1, 0.15) is 0 Å². The van der Waals surface area contributed by atoms with Gasteiger partial charge in [0.05, 0.1) is 0 Å². The zero-order chi connectivity index (χ0) is 12.3.